The molecule has 0 saturated carbocycles. The molecule has 0 aliphatic heterocycles. The van der Waals surface area contributed by atoms with Gasteiger partial charge in [-0.2, -0.15) is 0 Å². The molecule has 0 heterocycles. The van der Waals surface area contributed by atoms with E-state index in [-0.39, 0.29) is 18.2 Å². The molecule has 0 aliphatic carbocycles. The number of primary amides is 1. The van der Waals surface area contributed by atoms with Crippen LogP contribution in [0.3, 0.4) is 0 Å². The molecule has 5 nitrogen and oxygen atoms in total. The molecule has 5 heteroatoms. The third-order valence-electron chi connectivity index (χ3n) is 2.62. The van der Waals surface area contributed by atoms with E-state index in [0.717, 1.165) is 0 Å². The molecule has 17 heavy (non-hydrogen) atoms. The zero-order valence-corrected chi connectivity index (χ0v) is 11.3. The molecule has 0 saturated heterocycles. The Morgan fingerprint density at radius 3 is 2.06 bits per heavy atom. The highest BCUT2D eigenvalue weighted by atomic mass is 16.3. The van der Waals surface area contributed by atoms with Crippen molar-refractivity contribution in [3.63, 3.8) is 0 Å². The summed E-state index contributed by atoms with van der Waals surface area (Å²) in [6, 6.07) is -0.727. The largest absolute Gasteiger partial charge is 0.392 e. The fourth-order valence-corrected chi connectivity index (χ4v) is 1.36. The van der Waals surface area contributed by atoms with Gasteiger partial charge in [0.15, 0.2) is 0 Å². The number of nitrogens with one attached hydrogen (secondary N) is 1. The highest BCUT2D eigenvalue weighted by Gasteiger charge is 2.31. The van der Waals surface area contributed by atoms with Gasteiger partial charge >= 0.3 is 0 Å². The quantitative estimate of drug-likeness (QED) is 0.654. The van der Waals surface area contributed by atoms with Crippen molar-refractivity contribution in [2.24, 2.45) is 17.1 Å². The topological polar surface area (TPSA) is 92.4 Å². The summed E-state index contributed by atoms with van der Waals surface area (Å²) in [5.74, 6) is -0.919. The molecule has 4 N–H and O–H groups in total. The third-order valence-corrected chi connectivity index (χ3v) is 2.62. The van der Waals surface area contributed by atoms with E-state index in [1.165, 1.54) is 0 Å². The monoisotopic (exact) mass is 244 g/mol. The molecule has 0 aromatic heterocycles. The number of rotatable bonds is 5. The Morgan fingerprint density at radius 2 is 1.76 bits per heavy atom. The van der Waals surface area contributed by atoms with Gasteiger partial charge in [-0.3, -0.25) is 9.59 Å². The number of carbonyl (C=O) groups excluding carboxylic acids is 2. The van der Waals surface area contributed by atoms with Crippen molar-refractivity contribution in [2.75, 3.05) is 0 Å². The molecule has 2 amide bonds. The number of carbonyl (C=O) groups is 2. The average molecular weight is 244 g/mol. The van der Waals surface area contributed by atoms with Crippen molar-refractivity contribution in [3.8, 4) is 0 Å². The molecule has 0 aromatic carbocycles. The normalized spacial score (nSPS) is 15.5. The molecule has 0 rings (SSSR count). The molecule has 0 fully saturated rings. The summed E-state index contributed by atoms with van der Waals surface area (Å²) in [5.41, 5.74) is 4.81. The fraction of sp³-hybridized carbons (Fsp3) is 0.833. The zero-order valence-electron chi connectivity index (χ0n) is 11.3. The minimum Gasteiger partial charge on any atom is -0.392 e. The van der Waals surface area contributed by atoms with E-state index in [2.05, 4.69) is 5.32 Å². The van der Waals surface area contributed by atoms with Gasteiger partial charge in [-0.05, 0) is 11.3 Å². The van der Waals surface area contributed by atoms with Crippen molar-refractivity contribution < 1.29 is 14.7 Å². The molecule has 0 bridgehead atoms. The average Bonchev–Trinajstić information content (AvgIpc) is 2.11. The first-order valence-electron chi connectivity index (χ1n) is 5.82. The van der Waals surface area contributed by atoms with Crippen molar-refractivity contribution in [1.29, 1.82) is 0 Å². The molecule has 1 unspecified atom stereocenters. The second-order valence-corrected chi connectivity index (χ2v) is 5.78. The van der Waals surface area contributed by atoms with Crippen LogP contribution in [0.1, 0.15) is 41.0 Å². The van der Waals surface area contributed by atoms with Crippen LogP contribution in [-0.4, -0.2) is 29.1 Å². The number of amides is 2. The lowest BCUT2D eigenvalue weighted by molar-refractivity contribution is -0.131. The van der Waals surface area contributed by atoms with Gasteiger partial charge in [0.2, 0.25) is 11.8 Å². The van der Waals surface area contributed by atoms with Crippen molar-refractivity contribution in [2.45, 2.75) is 53.2 Å². The van der Waals surface area contributed by atoms with Crippen molar-refractivity contribution in [3.05, 3.63) is 0 Å². The SMILES string of the molecule is CC(C)C(O)CC(=O)N[C@H](C(N)=O)C(C)(C)C. The van der Waals surface area contributed by atoms with Crippen LogP contribution in [0.15, 0.2) is 0 Å². The molecule has 0 aromatic rings. The summed E-state index contributed by atoms with van der Waals surface area (Å²) < 4.78 is 0. The van der Waals surface area contributed by atoms with Gasteiger partial charge in [-0.1, -0.05) is 34.6 Å². The van der Waals surface area contributed by atoms with Crippen molar-refractivity contribution >= 4 is 11.8 Å². The fourth-order valence-electron chi connectivity index (χ4n) is 1.36. The van der Waals surface area contributed by atoms with Gasteiger partial charge in [0.05, 0.1) is 12.5 Å². The van der Waals surface area contributed by atoms with Gasteiger partial charge in [0.1, 0.15) is 6.04 Å². The highest BCUT2D eigenvalue weighted by Crippen LogP contribution is 2.19. The second-order valence-electron chi connectivity index (χ2n) is 5.78. The lowest BCUT2D eigenvalue weighted by atomic mass is 9.86. The van der Waals surface area contributed by atoms with Crippen LogP contribution in [0.5, 0.6) is 0 Å². The molecule has 0 spiro atoms. The molecule has 0 radical (unpaired) electrons. The lowest BCUT2D eigenvalue weighted by Gasteiger charge is -2.29. The minimum atomic E-state index is -0.727. The number of aliphatic hydroxyl groups is 1. The van der Waals surface area contributed by atoms with E-state index in [9.17, 15) is 14.7 Å². The summed E-state index contributed by atoms with van der Waals surface area (Å²) in [4.78, 5) is 22.9. The summed E-state index contributed by atoms with van der Waals surface area (Å²) in [5, 5.41) is 12.1. The predicted molar refractivity (Wildman–Crippen MR) is 66.0 cm³/mol. The van der Waals surface area contributed by atoms with Gasteiger partial charge in [-0.15, -0.1) is 0 Å². The smallest absolute Gasteiger partial charge is 0.240 e. The Morgan fingerprint density at radius 1 is 1.29 bits per heavy atom. The summed E-state index contributed by atoms with van der Waals surface area (Å²) >= 11 is 0. The Bertz CT molecular complexity index is 282. The first kappa shape index (κ1) is 15.9. The Kier molecular flexibility index (Phi) is 5.61. The lowest BCUT2D eigenvalue weighted by Crippen LogP contribution is -2.52. The van der Waals surface area contributed by atoms with Crippen LogP contribution in [0.4, 0.5) is 0 Å². The first-order valence-corrected chi connectivity index (χ1v) is 5.82. The number of hydrogen-bond donors (Lipinski definition) is 3. The predicted octanol–water partition coefficient (Wildman–Crippen LogP) is 0.410. The second kappa shape index (κ2) is 6.00. The maximum Gasteiger partial charge on any atom is 0.240 e. The van der Waals surface area contributed by atoms with Crippen LogP contribution >= 0.6 is 0 Å². The van der Waals surface area contributed by atoms with E-state index in [1.54, 1.807) is 0 Å². The third kappa shape index (κ3) is 5.68. The Hall–Kier alpha value is -1.10. The maximum atomic E-state index is 11.6. The Balaban J connectivity index is 4.49. The van der Waals surface area contributed by atoms with Gasteiger partial charge in [0.25, 0.3) is 0 Å². The van der Waals surface area contributed by atoms with E-state index < -0.39 is 23.5 Å². The number of nitrogens with two attached hydrogens (primary N) is 1. The first-order chi connectivity index (χ1) is 7.55. The molecule has 2 atom stereocenters. The zero-order chi connectivity index (χ0) is 13.8. The molecular weight excluding hydrogens is 220 g/mol. The van der Waals surface area contributed by atoms with Crippen LogP contribution in [0.2, 0.25) is 0 Å². The molecule has 100 valence electrons. The molecular formula is C12H24N2O3. The van der Waals surface area contributed by atoms with Crippen LogP contribution in [0, 0.1) is 11.3 Å². The summed E-state index contributed by atoms with van der Waals surface area (Å²) in [6.45, 7) is 9.12. The molecule has 0 aliphatic rings. The summed E-state index contributed by atoms with van der Waals surface area (Å²) in [6.07, 6.45) is -0.721. The number of aliphatic hydroxyl groups excluding tert-OH is 1. The Labute approximate surface area is 103 Å². The highest BCUT2D eigenvalue weighted by molar-refractivity contribution is 5.87. The van der Waals surface area contributed by atoms with E-state index >= 15 is 0 Å². The minimum absolute atomic E-state index is 0.00224. The van der Waals surface area contributed by atoms with Gasteiger partial charge < -0.3 is 16.2 Å². The number of hydrogen-bond acceptors (Lipinski definition) is 3. The standard InChI is InChI=1S/C12H24N2O3/c1-7(2)8(15)6-9(16)14-10(11(13)17)12(3,4)5/h7-8,10,15H,6H2,1-5H3,(H2,13,17)(H,14,16)/t8?,10-/m1/s1. The van der Waals surface area contributed by atoms with Crippen LogP contribution < -0.4 is 11.1 Å². The van der Waals surface area contributed by atoms with E-state index in [1.807, 2.05) is 34.6 Å². The van der Waals surface area contributed by atoms with E-state index in [0.29, 0.717) is 0 Å². The maximum absolute atomic E-state index is 11.6. The van der Waals surface area contributed by atoms with E-state index in [4.69, 9.17) is 5.73 Å². The summed E-state index contributed by atoms with van der Waals surface area (Å²) in [7, 11) is 0. The van der Waals surface area contributed by atoms with Gasteiger partial charge in [0, 0.05) is 0 Å². The van der Waals surface area contributed by atoms with Crippen molar-refractivity contribution in [1.82, 2.24) is 5.32 Å². The van der Waals surface area contributed by atoms with Crippen LogP contribution in [0.25, 0.3) is 0 Å². The van der Waals surface area contributed by atoms with Gasteiger partial charge in [-0.25, -0.2) is 0 Å². The van der Waals surface area contributed by atoms with Crippen LogP contribution in [-0.2, 0) is 9.59 Å².